The zero-order valence-electron chi connectivity index (χ0n) is 12.7. The molecule has 3 rings (SSSR count). The first kappa shape index (κ1) is 14.7. The van der Waals surface area contributed by atoms with E-state index in [2.05, 4.69) is 19.1 Å². The Morgan fingerprint density at radius 3 is 2.48 bits per heavy atom. The highest BCUT2D eigenvalue weighted by atomic mass is 19.2. The molecule has 2 saturated carbocycles. The first-order valence-electron chi connectivity index (χ1n) is 8.25. The van der Waals surface area contributed by atoms with Gasteiger partial charge in [0.1, 0.15) is 0 Å². The molecule has 2 aliphatic rings. The van der Waals surface area contributed by atoms with E-state index in [0.29, 0.717) is 5.92 Å². The Bertz CT molecular complexity index is 520. The number of allylic oxidation sites excluding steroid dienone is 2. The quantitative estimate of drug-likeness (QED) is 0.600. The van der Waals surface area contributed by atoms with Gasteiger partial charge in [-0.15, -0.1) is 0 Å². The molecule has 0 saturated heterocycles. The van der Waals surface area contributed by atoms with Gasteiger partial charge in [-0.2, -0.15) is 0 Å². The molecule has 4 unspecified atom stereocenters. The van der Waals surface area contributed by atoms with Gasteiger partial charge in [0.15, 0.2) is 11.6 Å². The van der Waals surface area contributed by atoms with Crippen LogP contribution < -0.4 is 0 Å². The van der Waals surface area contributed by atoms with Gasteiger partial charge in [0.2, 0.25) is 0 Å². The van der Waals surface area contributed by atoms with Crippen LogP contribution in [0.5, 0.6) is 0 Å². The Hall–Kier alpha value is -1.18. The first-order chi connectivity index (χ1) is 10.2. The average molecular weight is 290 g/mol. The number of hydrogen-bond acceptors (Lipinski definition) is 0. The van der Waals surface area contributed by atoms with Gasteiger partial charge in [-0.25, -0.2) is 8.78 Å². The van der Waals surface area contributed by atoms with Gasteiger partial charge in [0.25, 0.3) is 0 Å². The molecule has 0 aliphatic heterocycles. The van der Waals surface area contributed by atoms with Crippen LogP contribution in [0.25, 0.3) is 0 Å². The molecule has 0 bridgehead atoms. The molecule has 0 radical (unpaired) electrons. The minimum atomic E-state index is -0.737. The minimum absolute atomic E-state index is 0.416. The van der Waals surface area contributed by atoms with Gasteiger partial charge in [0.05, 0.1) is 0 Å². The maximum Gasteiger partial charge on any atom is 0.159 e. The highest BCUT2D eigenvalue weighted by Gasteiger charge is 2.35. The molecule has 0 spiro atoms. The van der Waals surface area contributed by atoms with Crippen molar-refractivity contribution >= 4 is 0 Å². The smallest absolute Gasteiger partial charge is 0.159 e. The maximum atomic E-state index is 13.4. The zero-order chi connectivity index (χ0) is 14.8. The van der Waals surface area contributed by atoms with E-state index in [-0.39, 0.29) is 0 Å². The molecular formula is C19H24F2. The van der Waals surface area contributed by atoms with E-state index in [4.69, 9.17) is 0 Å². The van der Waals surface area contributed by atoms with Gasteiger partial charge >= 0.3 is 0 Å². The van der Waals surface area contributed by atoms with Crippen molar-refractivity contribution in [3.8, 4) is 0 Å². The molecule has 0 N–H and O–H groups in total. The highest BCUT2D eigenvalue weighted by molar-refractivity contribution is 5.22. The molecule has 2 heteroatoms. The number of benzene rings is 1. The highest BCUT2D eigenvalue weighted by Crippen LogP contribution is 2.47. The fraction of sp³-hybridized carbons (Fsp3) is 0.579. The molecule has 1 aromatic carbocycles. The lowest BCUT2D eigenvalue weighted by Gasteiger charge is -2.41. The fourth-order valence-corrected chi connectivity index (χ4v) is 4.44. The van der Waals surface area contributed by atoms with E-state index < -0.39 is 11.6 Å². The summed E-state index contributed by atoms with van der Waals surface area (Å²) in [7, 11) is 0. The normalized spacial score (nSPS) is 33.1. The molecule has 0 amide bonds. The molecule has 0 aromatic heterocycles. The van der Waals surface area contributed by atoms with Gasteiger partial charge in [-0.1, -0.05) is 18.2 Å². The van der Waals surface area contributed by atoms with Crippen LogP contribution in [-0.4, -0.2) is 0 Å². The van der Waals surface area contributed by atoms with Crippen molar-refractivity contribution in [1.82, 2.24) is 0 Å². The predicted molar refractivity (Wildman–Crippen MR) is 82.1 cm³/mol. The third kappa shape index (κ3) is 3.20. The zero-order valence-corrected chi connectivity index (χ0v) is 12.7. The lowest BCUT2D eigenvalue weighted by Crippen LogP contribution is -2.30. The maximum absolute atomic E-state index is 13.4. The SMILES string of the molecule is CC=CC1CCC2CC(c3ccc(F)c(F)c3)CCC2C1. The topological polar surface area (TPSA) is 0 Å². The number of hydrogen-bond donors (Lipinski definition) is 0. The Labute approximate surface area is 126 Å². The summed E-state index contributed by atoms with van der Waals surface area (Å²) in [5.74, 6) is 1.35. The molecule has 0 heterocycles. The minimum Gasteiger partial charge on any atom is -0.204 e. The van der Waals surface area contributed by atoms with Gasteiger partial charge < -0.3 is 0 Å². The summed E-state index contributed by atoms with van der Waals surface area (Å²) in [6.07, 6.45) is 11.9. The molecule has 0 nitrogen and oxygen atoms in total. The van der Waals surface area contributed by atoms with Crippen LogP contribution in [0.4, 0.5) is 8.78 Å². The van der Waals surface area contributed by atoms with Crippen molar-refractivity contribution < 1.29 is 8.78 Å². The van der Waals surface area contributed by atoms with Crippen LogP contribution >= 0.6 is 0 Å². The molecular weight excluding hydrogens is 266 g/mol. The van der Waals surface area contributed by atoms with Crippen LogP contribution in [0.2, 0.25) is 0 Å². The number of fused-ring (bicyclic) bond motifs is 1. The summed E-state index contributed by atoms with van der Waals surface area (Å²) in [6, 6.07) is 4.46. The second-order valence-corrected chi connectivity index (χ2v) is 6.80. The average Bonchev–Trinajstić information content (AvgIpc) is 2.50. The first-order valence-corrected chi connectivity index (χ1v) is 8.25. The summed E-state index contributed by atoms with van der Waals surface area (Å²) in [5, 5.41) is 0. The van der Waals surface area contributed by atoms with Crippen molar-refractivity contribution in [3.63, 3.8) is 0 Å². The molecule has 1 aromatic rings. The molecule has 114 valence electrons. The number of halogens is 2. The van der Waals surface area contributed by atoms with E-state index in [0.717, 1.165) is 36.2 Å². The Balaban J connectivity index is 1.67. The summed E-state index contributed by atoms with van der Waals surface area (Å²) in [5.41, 5.74) is 0.989. The Morgan fingerprint density at radius 1 is 0.952 bits per heavy atom. The van der Waals surface area contributed by atoms with Gasteiger partial charge in [-0.05, 0) is 86.8 Å². The summed E-state index contributed by atoms with van der Waals surface area (Å²) >= 11 is 0. The van der Waals surface area contributed by atoms with Crippen molar-refractivity contribution in [2.75, 3.05) is 0 Å². The second kappa shape index (κ2) is 6.29. The van der Waals surface area contributed by atoms with E-state index in [9.17, 15) is 8.78 Å². The van der Waals surface area contributed by atoms with Crippen molar-refractivity contribution in [2.45, 2.75) is 51.4 Å². The predicted octanol–water partition coefficient (Wildman–Crippen LogP) is 5.84. The summed E-state index contributed by atoms with van der Waals surface area (Å²) in [6.45, 7) is 2.10. The van der Waals surface area contributed by atoms with E-state index in [1.165, 1.54) is 37.8 Å². The standard InChI is InChI=1S/C19H24F2/c1-2-3-13-4-5-15-11-16(7-6-14(15)10-13)17-8-9-18(20)19(21)12-17/h2-3,8-9,12-16H,4-7,10-11H2,1H3. The van der Waals surface area contributed by atoms with Crippen LogP contribution in [0, 0.1) is 29.4 Å². The van der Waals surface area contributed by atoms with E-state index >= 15 is 0 Å². The largest absolute Gasteiger partial charge is 0.204 e. The van der Waals surface area contributed by atoms with Crippen molar-refractivity contribution in [1.29, 1.82) is 0 Å². The summed E-state index contributed by atoms with van der Waals surface area (Å²) in [4.78, 5) is 0. The lowest BCUT2D eigenvalue weighted by molar-refractivity contribution is 0.133. The number of rotatable bonds is 2. The molecule has 2 aliphatic carbocycles. The lowest BCUT2D eigenvalue weighted by atomic mass is 9.64. The Kier molecular flexibility index (Phi) is 4.42. The fourth-order valence-electron chi connectivity index (χ4n) is 4.44. The van der Waals surface area contributed by atoms with E-state index in [1.54, 1.807) is 6.07 Å². The van der Waals surface area contributed by atoms with Gasteiger partial charge in [0, 0.05) is 0 Å². The van der Waals surface area contributed by atoms with Crippen LogP contribution in [0.3, 0.4) is 0 Å². The third-order valence-corrected chi connectivity index (χ3v) is 5.53. The summed E-state index contributed by atoms with van der Waals surface area (Å²) < 4.78 is 26.5. The van der Waals surface area contributed by atoms with Crippen molar-refractivity contribution in [2.24, 2.45) is 17.8 Å². The van der Waals surface area contributed by atoms with Crippen LogP contribution in [0.15, 0.2) is 30.4 Å². The molecule has 4 atom stereocenters. The second-order valence-electron chi connectivity index (χ2n) is 6.80. The van der Waals surface area contributed by atoms with Gasteiger partial charge in [-0.3, -0.25) is 0 Å². The monoisotopic (exact) mass is 290 g/mol. The molecule has 2 fully saturated rings. The van der Waals surface area contributed by atoms with Crippen LogP contribution in [-0.2, 0) is 0 Å². The van der Waals surface area contributed by atoms with Crippen molar-refractivity contribution in [3.05, 3.63) is 47.5 Å². The van der Waals surface area contributed by atoms with Crippen LogP contribution in [0.1, 0.15) is 56.9 Å². The Morgan fingerprint density at radius 2 is 1.71 bits per heavy atom. The third-order valence-electron chi connectivity index (χ3n) is 5.53. The van der Waals surface area contributed by atoms with E-state index in [1.807, 2.05) is 0 Å². The molecule has 21 heavy (non-hydrogen) atoms.